The van der Waals surface area contributed by atoms with Crippen LogP contribution in [0.5, 0.6) is 0 Å². The van der Waals surface area contributed by atoms with Crippen molar-refractivity contribution < 1.29 is 0 Å². The van der Waals surface area contributed by atoms with E-state index in [2.05, 4.69) is 0 Å². The van der Waals surface area contributed by atoms with Gasteiger partial charge in [-0.2, -0.15) is 0 Å². The molecule has 0 amide bonds. The molecule has 0 atom stereocenters. The average Bonchev–Trinajstić information content (AvgIpc) is 2.51. The number of aryl methyl sites for hydroxylation is 3. The third-order valence-corrected chi connectivity index (χ3v) is 3.88. The SMILES string of the molecule is Cc1ccc(-c2cn(C)cc(-c3ccc(C)cc3)c2=O)cc1. The van der Waals surface area contributed by atoms with E-state index in [1.54, 1.807) is 0 Å². The fourth-order valence-corrected chi connectivity index (χ4v) is 2.58. The van der Waals surface area contributed by atoms with Gasteiger partial charge in [0.1, 0.15) is 0 Å². The van der Waals surface area contributed by atoms with Gasteiger partial charge in [0.15, 0.2) is 5.43 Å². The number of hydrogen-bond donors (Lipinski definition) is 0. The molecule has 0 saturated heterocycles. The van der Waals surface area contributed by atoms with Gasteiger partial charge in [-0.25, -0.2) is 0 Å². The minimum atomic E-state index is 0.0748. The van der Waals surface area contributed by atoms with Gasteiger partial charge in [0.05, 0.1) is 0 Å². The molecule has 2 nitrogen and oxygen atoms in total. The van der Waals surface area contributed by atoms with Gasteiger partial charge in [-0.05, 0) is 25.0 Å². The minimum Gasteiger partial charge on any atom is -0.356 e. The number of hydrogen-bond acceptors (Lipinski definition) is 1. The summed E-state index contributed by atoms with van der Waals surface area (Å²) in [5, 5.41) is 0. The third-order valence-electron chi connectivity index (χ3n) is 3.88. The second-order valence-corrected chi connectivity index (χ2v) is 5.81. The van der Waals surface area contributed by atoms with Crippen molar-refractivity contribution >= 4 is 0 Å². The van der Waals surface area contributed by atoms with E-state index in [-0.39, 0.29) is 5.43 Å². The van der Waals surface area contributed by atoms with E-state index >= 15 is 0 Å². The Hall–Kier alpha value is -2.61. The number of benzene rings is 2. The molecule has 0 spiro atoms. The highest BCUT2D eigenvalue weighted by Gasteiger charge is 2.10. The van der Waals surface area contributed by atoms with Crippen LogP contribution >= 0.6 is 0 Å². The molecule has 110 valence electrons. The highest BCUT2D eigenvalue weighted by atomic mass is 16.1. The molecule has 1 aromatic heterocycles. The van der Waals surface area contributed by atoms with Gasteiger partial charge in [-0.1, -0.05) is 59.7 Å². The van der Waals surface area contributed by atoms with Gasteiger partial charge >= 0.3 is 0 Å². The van der Waals surface area contributed by atoms with Crippen molar-refractivity contribution in [1.82, 2.24) is 4.57 Å². The van der Waals surface area contributed by atoms with E-state index in [0.29, 0.717) is 0 Å². The van der Waals surface area contributed by atoms with Crippen molar-refractivity contribution in [1.29, 1.82) is 0 Å². The first-order chi connectivity index (χ1) is 10.5. The van der Waals surface area contributed by atoms with Gasteiger partial charge in [0, 0.05) is 30.6 Å². The first-order valence-electron chi connectivity index (χ1n) is 7.39. The van der Waals surface area contributed by atoms with Crippen LogP contribution in [0.15, 0.2) is 65.7 Å². The first kappa shape index (κ1) is 14.3. The lowest BCUT2D eigenvalue weighted by Gasteiger charge is -2.09. The van der Waals surface area contributed by atoms with Crippen molar-refractivity contribution in [3.05, 3.63) is 82.3 Å². The fourth-order valence-electron chi connectivity index (χ4n) is 2.58. The standard InChI is InChI=1S/C20H19NO/c1-14-4-8-16(9-5-14)18-12-21(3)13-19(20(18)22)17-10-6-15(2)7-11-17/h4-13H,1-3H3. The summed E-state index contributed by atoms with van der Waals surface area (Å²) in [6.07, 6.45) is 3.79. The van der Waals surface area contributed by atoms with Gasteiger partial charge in [0.2, 0.25) is 0 Å². The molecular weight excluding hydrogens is 270 g/mol. The van der Waals surface area contributed by atoms with Crippen LogP contribution in [0.3, 0.4) is 0 Å². The summed E-state index contributed by atoms with van der Waals surface area (Å²) in [6, 6.07) is 16.2. The second-order valence-electron chi connectivity index (χ2n) is 5.81. The number of nitrogens with zero attached hydrogens (tertiary/aromatic N) is 1. The van der Waals surface area contributed by atoms with Gasteiger partial charge in [0.25, 0.3) is 0 Å². The minimum absolute atomic E-state index is 0.0748. The monoisotopic (exact) mass is 289 g/mol. The quantitative estimate of drug-likeness (QED) is 0.688. The molecule has 3 rings (SSSR count). The number of aromatic nitrogens is 1. The Morgan fingerprint density at radius 3 is 1.41 bits per heavy atom. The van der Waals surface area contributed by atoms with Gasteiger partial charge in [-0.3, -0.25) is 4.79 Å². The predicted octanol–water partition coefficient (Wildman–Crippen LogP) is 4.34. The van der Waals surface area contributed by atoms with Gasteiger partial charge < -0.3 is 4.57 Å². The summed E-state index contributed by atoms with van der Waals surface area (Å²) in [6.45, 7) is 4.09. The summed E-state index contributed by atoms with van der Waals surface area (Å²) < 4.78 is 1.95. The predicted molar refractivity (Wildman–Crippen MR) is 92.0 cm³/mol. The largest absolute Gasteiger partial charge is 0.356 e. The lowest BCUT2D eigenvalue weighted by Crippen LogP contribution is -2.11. The Morgan fingerprint density at radius 1 is 0.682 bits per heavy atom. The van der Waals surface area contributed by atoms with Crippen molar-refractivity contribution in [3.63, 3.8) is 0 Å². The summed E-state index contributed by atoms with van der Waals surface area (Å²) in [5.74, 6) is 0. The van der Waals surface area contributed by atoms with Gasteiger partial charge in [-0.15, -0.1) is 0 Å². The third kappa shape index (κ3) is 2.73. The van der Waals surface area contributed by atoms with E-state index in [1.807, 2.05) is 86.4 Å². The number of pyridine rings is 1. The Morgan fingerprint density at radius 2 is 1.05 bits per heavy atom. The van der Waals surface area contributed by atoms with E-state index in [0.717, 1.165) is 22.3 Å². The first-order valence-corrected chi connectivity index (χ1v) is 7.39. The highest BCUT2D eigenvalue weighted by molar-refractivity contribution is 5.72. The molecule has 2 aromatic carbocycles. The van der Waals surface area contributed by atoms with Crippen LogP contribution in [0.4, 0.5) is 0 Å². The zero-order valence-corrected chi connectivity index (χ0v) is 13.1. The van der Waals surface area contributed by atoms with Crippen molar-refractivity contribution in [2.45, 2.75) is 13.8 Å². The highest BCUT2D eigenvalue weighted by Crippen LogP contribution is 2.21. The molecule has 2 heteroatoms. The molecule has 0 aliphatic carbocycles. The van der Waals surface area contributed by atoms with Crippen LogP contribution in [0.2, 0.25) is 0 Å². The van der Waals surface area contributed by atoms with Crippen molar-refractivity contribution in [2.75, 3.05) is 0 Å². The molecule has 0 aliphatic heterocycles. The molecule has 0 N–H and O–H groups in total. The normalized spacial score (nSPS) is 10.7. The maximum atomic E-state index is 12.9. The molecule has 3 aromatic rings. The summed E-state index contributed by atoms with van der Waals surface area (Å²) in [4.78, 5) is 12.9. The Balaban J connectivity index is 2.19. The molecule has 0 saturated carbocycles. The summed E-state index contributed by atoms with van der Waals surface area (Å²) in [7, 11) is 1.95. The lowest BCUT2D eigenvalue weighted by molar-refractivity contribution is 0.904. The smallest absolute Gasteiger partial charge is 0.197 e. The van der Waals surface area contributed by atoms with E-state index in [1.165, 1.54) is 11.1 Å². The number of rotatable bonds is 2. The van der Waals surface area contributed by atoms with Crippen molar-refractivity contribution in [2.24, 2.45) is 7.05 Å². The van der Waals surface area contributed by atoms with Crippen LogP contribution in [-0.2, 0) is 7.05 Å². The topological polar surface area (TPSA) is 22.0 Å². The lowest BCUT2D eigenvalue weighted by atomic mass is 10.00. The molecule has 1 heterocycles. The average molecular weight is 289 g/mol. The molecule has 0 bridgehead atoms. The zero-order valence-electron chi connectivity index (χ0n) is 13.1. The van der Waals surface area contributed by atoms with E-state index in [9.17, 15) is 4.79 Å². The van der Waals surface area contributed by atoms with E-state index < -0.39 is 0 Å². The molecule has 0 aliphatic rings. The summed E-state index contributed by atoms with van der Waals surface area (Å²) in [5.41, 5.74) is 5.85. The molecule has 22 heavy (non-hydrogen) atoms. The van der Waals surface area contributed by atoms with Crippen molar-refractivity contribution in [3.8, 4) is 22.3 Å². The molecular formula is C20H19NO. The maximum absolute atomic E-state index is 12.9. The second kappa shape index (κ2) is 5.64. The van der Waals surface area contributed by atoms with Crippen LogP contribution < -0.4 is 5.43 Å². The maximum Gasteiger partial charge on any atom is 0.197 e. The molecule has 0 radical (unpaired) electrons. The van der Waals surface area contributed by atoms with Crippen LogP contribution in [0, 0.1) is 13.8 Å². The molecule has 0 unspecified atom stereocenters. The fraction of sp³-hybridized carbons (Fsp3) is 0.150. The van der Waals surface area contributed by atoms with Crippen LogP contribution in [0.1, 0.15) is 11.1 Å². The Labute approximate surface area is 130 Å². The van der Waals surface area contributed by atoms with E-state index in [4.69, 9.17) is 0 Å². The molecule has 0 fully saturated rings. The Kier molecular flexibility index (Phi) is 3.68. The zero-order chi connectivity index (χ0) is 15.7. The summed E-state index contributed by atoms with van der Waals surface area (Å²) >= 11 is 0. The van der Waals surface area contributed by atoms with Crippen LogP contribution in [0.25, 0.3) is 22.3 Å². The Bertz CT molecular complexity index is 786. The van der Waals surface area contributed by atoms with Crippen LogP contribution in [-0.4, -0.2) is 4.57 Å².